The quantitative estimate of drug-likeness (QED) is 0.0132. The number of hydrogen-bond donors (Lipinski definition) is 12. The Balaban J connectivity index is 0.000000206. The fourth-order valence-corrected chi connectivity index (χ4v) is 19.4. The van der Waals surface area contributed by atoms with Gasteiger partial charge in [-0.05, 0) is 117 Å². The number of para-hydroxylation sites is 2. The average molecular weight is 2030 g/mol. The van der Waals surface area contributed by atoms with Crippen LogP contribution in [0.5, 0.6) is 23.0 Å². The molecule has 12 aromatic carbocycles. The van der Waals surface area contributed by atoms with Crippen molar-refractivity contribution in [1.29, 1.82) is 0 Å². The summed E-state index contributed by atoms with van der Waals surface area (Å²) in [6, 6.07) is 60.9. The first-order valence-corrected chi connectivity index (χ1v) is 51.3. The number of halogens is 12. The summed E-state index contributed by atoms with van der Waals surface area (Å²) in [4.78, 5) is 107. The van der Waals surface area contributed by atoms with E-state index in [0.717, 1.165) is 164 Å². The number of benzene rings is 12. The summed E-state index contributed by atoms with van der Waals surface area (Å²) >= 11 is 0. The van der Waals surface area contributed by atoms with E-state index in [4.69, 9.17) is 68.2 Å². The lowest BCUT2D eigenvalue weighted by Crippen LogP contribution is -2.30. The monoisotopic (exact) mass is 2030 g/mol. The van der Waals surface area contributed by atoms with Crippen LogP contribution >= 0.6 is 45.6 Å². The molecule has 0 atom stereocenters. The average Bonchev–Trinajstić information content (AvgIpc) is 0.773. The topological polar surface area (TPSA) is 476 Å². The van der Waals surface area contributed by atoms with E-state index < -0.39 is 182 Å². The van der Waals surface area contributed by atoms with Gasteiger partial charge in [-0.3, -0.25) is 27.4 Å². The van der Waals surface area contributed by atoms with Gasteiger partial charge in [-0.1, -0.05) is 218 Å². The van der Waals surface area contributed by atoms with Crippen LogP contribution < -0.4 is 9.47 Å². The lowest BCUT2D eigenvalue weighted by Gasteiger charge is -2.24. The molecule has 12 rings (SSSR count). The van der Waals surface area contributed by atoms with Crippen molar-refractivity contribution >= 4 is 86.4 Å². The van der Waals surface area contributed by atoms with Crippen molar-refractivity contribution in [3.63, 3.8) is 0 Å². The summed E-state index contributed by atoms with van der Waals surface area (Å²) in [5.41, 5.74) is -32.0. The van der Waals surface area contributed by atoms with Crippen LogP contribution in [0.25, 0.3) is 10.8 Å². The van der Waals surface area contributed by atoms with Gasteiger partial charge in [0, 0.05) is 78.7 Å². The zero-order chi connectivity index (χ0) is 97.7. The highest BCUT2D eigenvalue weighted by molar-refractivity contribution is 7.89. The highest BCUT2D eigenvalue weighted by Crippen LogP contribution is 2.64. The van der Waals surface area contributed by atoms with Crippen LogP contribution in [0.15, 0.2) is 312 Å². The smallest absolute Gasteiger partial charge is 0.399 e. The molecule has 0 saturated carbocycles. The number of rotatable bonds is 34. The molecule has 0 aliphatic rings. The molecule has 0 radical (unpaired) electrons. The lowest BCUT2D eigenvalue weighted by molar-refractivity contribution is 0.0564. The Labute approximate surface area is 743 Å². The highest BCUT2D eigenvalue weighted by atomic mass is 32.2. The van der Waals surface area contributed by atoms with E-state index in [1.807, 2.05) is 0 Å². The van der Waals surface area contributed by atoms with Gasteiger partial charge in [-0.25, -0.2) is 25.3 Å². The molecule has 0 aliphatic heterocycles. The molecule has 0 unspecified atom stereocenters. The maximum absolute atomic E-state index is 14.2. The zero-order valence-corrected chi connectivity index (χ0v) is 74.7. The number of sulfonamides is 3. The van der Waals surface area contributed by atoms with Gasteiger partial charge in [0.15, 0.2) is 0 Å². The van der Waals surface area contributed by atoms with Gasteiger partial charge < -0.3 is 68.2 Å². The summed E-state index contributed by atoms with van der Waals surface area (Å²) in [6.45, 7) is -2.67. The molecule has 0 aromatic heterocycles. The minimum absolute atomic E-state index is 0.129. The molecule has 0 spiro atoms. The van der Waals surface area contributed by atoms with Gasteiger partial charge in [-0.2, -0.15) is 65.6 Å². The van der Waals surface area contributed by atoms with Crippen LogP contribution in [0.4, 0.5) is 52.7 Å². The van der Waals surface area contributed by atoms with Crippen molar-refractivity contribution in [3.8, 4) is 23.0 Å². The standard InChI is InChI=1S/2C28H25F4NO9P2S.C26H23F4NO8P2S/c29-27(30,43(34,35)36)22-13-9-20(10-14-22)18-33(19-21-11-15-23(16-12-21)28(31,32)44(37,38)39)45(40,41)26-8-4-7-25(17-26)42-24-5-2-1-3-6-24;29-27(30,43(34,35)36)22-10-6-20(7-11-22)18-33(19-21-8-12-23(13-9-21)28(31,32)44(37,38)39)45(40,41)26-16-14-25(15-17-26)42-24-4-2-1-3-5-24;27-25(28,40(32,33)34)22-10-5-18(6-11-22)16-31(17-19-7-12-23(13-8-19)26(29,30)41(35,36)37)42(38,39)24-14-9-20-3-1-2-4-21(20)15-24/h2*1-17H,18-19H2,(H2,34,35,36)(H2,37,38,39);1-15H,16-17H2,(H2,32,33,34)(H2,35,36,37). The van der Waals surface area contributed by atoms with Gasteiger partial charge >= 0.3 is 79.6 Å². The second-order valence-corrected chi connectivity index (χ2v) is 44.5. The van der Waals surface area contributed by atoms with E-state index in [-0.39, 0.29) is 53.8 Å². The van der Waals surface area contributed by atoms with E-state index in [9.17, 15) is 105 Å². The third kappa shape index (κ3) is 24.5. The molecule has 0 fully saturated rings. The van der Waals surface area contributed by atoms with Crippen molar-refractivity contribution in [2.45, 2.75) is 87.9 Å². The van der Waals surface area contributed by atoms with Gasteiger partial charge in [0.1, 0.15) is 23.0 Å². The van der Waals surface area contributed by atoms with Gasteiger partial charge in [0.2, 0.25) is 30.1 Å². The molecule has 0 heterocycles. The van der Waals surface area contributed by atoms with Crippen molar-refractivity contribution in [2.75, 3.05) is 0 Å². The van der Waals surface area contributed by atoms with Crippen molar-refractivity contribution in [1.82, 2.24) is 12.9 Å². The van der Waals surface area contributed by atoms with Gasteiger partial charge in [0.25, 0.3) is 0 Å². The number of ether oxygens (including phenoxy) is 2. The molecule has 0 amide bonds. The normalized spacial score (nSPS) is 13.3. The molecule has 29 nitrogen and oxygen atoms in total. The maximum atomic E-state index is 14.2. The van der Waals surface area contributed by atoms with Crippen molar-refractivity contribution < 1.29 is 174 Å². The summed E-state index contributed by atoms with van der Waals surface area (Å²) in [7, 11) is -48.2. The minimum atomic E-state index is -5.86. The van der Waals surface area contributed by atoms with Gasteiger partial charge in [0.05, 0.1) is 14.7 Å². The summed E-state index contributed by atoms with van der Waals surface area (Å²) in [5, 5.41) is 1.36. The van der Waals surface area contributed by atoms with E-state index in [2.05, 4.69) is 0 Å². The molecule has 0 saturated heterocycles. The Morgan fingerprint density at radius 1 is 0.220 bits per heavy atom. The molecule has 704 valence electrons. The molecular weight excluding hydrogens is 1950 g/mol. The molecule has 12 N–H and O–H groups in total. The maximum Gasteiger partial charge on any atom is 0.399 e. The Morgan fingerprint density at radius 3 is 0.682 bits per heavy atom. The second kappa shape index (κ2) is 40.1. The Bertz CT molecular complexity index is 6550. The van der Waals surface area contributed by atoms with Crippen molar-refractivity contribution in [3.05, 3.63) is 364 Å². The molecule has 0 aliphatic carbocycles. The van der Waals surface area contributed by atoms with Crippen LogP contribution in [0.2, 0.25) is 0 Å². The fraction of sp³-hybridized carbons (Fsp3) is 0.146. The SMILES string of the molecule is O=P(O)(O)C(F)(F)c1ccc(CN(Cc2ccc(C(F)(F)P(=O)(O)O)cc2)S(=O)(=O)c2ccc(Oc3ccccc3)cc2)cc1.O=P(O)(O)C(F)(F)c1ccc(CN(Cc2ccc(C(F)(F)P(=O)(O)O)cc2)S(=O)(=O)c2ccc3ccccc3c2)cc1.O=P(O)(O)C(F)(F)c1ccc(CN(Cc2ccc(C(F)(F)P(=O)(O)O)cc2)S(=O)(=O)c2cccc(Oc3ccccc3)c2)cc1. The Kier molecular flexibility index (Phi) is 31.7. The van der Waals surface area contributed by atoms with Crippen LogP contribution in [-0.4, -0.2) is 96.9 Å². The second-order valence-electron chi connectivity index (χ2n) is 28.8. The van der Waals surface area contributed by atoms with E-state index in [0.29, 0.717) is 22.6 Å². The first kappa shape index (κ1) is 104. The number of hydrogen-bond acceptors (Lipinski definition) is 14. The van der Waals surface area contributed by atoms with E-state index in [1.54, 1.807) is 91.0 Å². The predicted molar refractivity (Wildman–Crippen MR) is 453 cm³/mol. The van der Waals surface area contributed by atoms with Crippen LogP contribution in [0, 0.1) is 0 Å². The molecule has 0 bridgehead atoms. The van der Waals surface area contributed by atoms with Crippen LogP contribution in [0.3, 0.4) is 0 Å². The third-order valence-electron chi connectivity index (χ3n) is 19.4. The molecule has 132 heavy (non-hydrogen) atoms. The minimum Gasteiger partial charge on any atom is -0.457 e. The van der Waals surface area contributed by atoms with E-state index >= 15 is 0 Å². The molecule has 50 heteroatoms. The van der Waals surface area contributed by atoms with Gasteiger partial charge in [-0.15, -0.1) is 0 Å². The fourth-order valence-electron chi connectivity index (χ4n) is 12.2. The van der Waals surface area contributed by atoms with Crippen LogP contribution in [-0.2, 0) is 131 Å². The first-order valence-electron chi connectivity index (χ1n) is 37.3. The Morgan fingerprint density at radius 2 is 0.424 bits per heavy atom. The molecular formula is C82H73F12N3O26P6S3. The number of alkyl halides is 12. The van der Waals surface area contributed by atoms with E-state index in [1.165, 1.54) is 60.7 Å². The predicted octanol–water partition coefficient (Wildman–Crippen LogP) is 18.3. The van der Waals surface area contributed by atoms with Crippen LogP contribution in [0.1, 0.15) is 66.8 Å². The lowest BCUT2D eigenvalue weighted by atomic mass is 10.1. The van der Waals surface area contributed by atoms with Crippen molar-refractivity contribution in [2.24, 2.45) is 0 Å². The molecule has 12 aromatic rings. The first-order chi connectivity index (χ1) is 61.0. The third-order valence-corrected chi connectivity index (χ3v) is 30.7. The summed E-state index contributed by atoms with van der Waals surface area (Å²) in [6.07, 6.45) is 0. The largest absolute Gasteiger partial charge is 0.457 e. The number of nitrogens with zero attached hydrogens (tertiary/aromatic N) is 3. The number of fused-ring (bicyclic) bond motifs is 1. The Hall–Kier alpha value is -9.71. The highest BCUT2D eigenvalue weighted by Gasteiger charge is 2.55. The summed E-state index contributed by atoms with van der Waals surface area (Å²) < 4.78 is 334. The zero-order valence-electron chi connectivity index (χ0n) is 66.9. The summed E-state index contributed by atoms with van der Waals surface area (Å²) in [5.74, 6) is 1.39.